The molecule has 26 heavy (non-hydrogen) atoms. The molecule has 1 aliphatic rings. The molecule has 0 bridgehead atoms. The summed E-state index contributed by atoms with van der Waals surface area (Å²) in [6, 6.07) is 17.0. The van der Waals surface area contributed by atoms with Crippen LogP contribution in [0.15, 0.2) is 65.3 Å². The van der Waals surface area contributed by atoms with Gasteiger partial charge in [0.25, 0.3) is 5.91 Å². The molecule has 0 saturated carbocycles. The van der Waals surface area contributed by atoms with Gasteiger partial charge in [0.15, 0.2) is 6.10 Å². The van der Waals surface area contributed by atoms with E-state index in [0.717, 1.165) is 28.3 Å². The number of halogens is 1. The zero-order chi connectivity index (χ0) is 18.1. The Bertz CT molecular complexity index is 919. The lowest BCUT2D eigenvalue weighted by molar-refractivity contribution is -0.124. The van der Waals surface area contributed by atoms with Gasteiger partial charge in [0.05, 0.1) is 12.8 Å². The molecule has 0 N–H and O–H groups in total. The lowest BCUT2D eigenvalue weighted by Gasteiger charge is -2.25. The molecule has 1 aliphatic heterocycles. The largest absolute Gasteiger partial charge is 0.480 e. The van der Waals surface area contributed by atoms with Crippen LogP contribution < -0.4 is 9.64 Å². The second kappa shape index (κ2) is 6.89. The average Bonchev–Trinajstić information content (AvgIpc) is 3.29. The third kappa shape index (κ3) is 3.33. The first-order valence-electron chi connectivity index (χ1n) is 8.45. The summed E-state index contributed by atoms with van der Waals surface area (Å²) in [7, 11) is 0. The van der Waals surface area contributed by atoms with Crippen LogP contribution in [0.3, 0.4) is 0 Å². The van der Waals surface area contributed by atoms with E-state index in [2.05, 4.69) is 0 Å². The SMILES string of the molecule is Cc1ccc(N(Cc2ccco2)C(=O)[C@H]2Cc3cc(Cl)ccc3O2)cc1. The summed E-state index contributed by atoms with van der Waals surface area (Å²) in [5.74, 6) is 1.34. The van der Waals surface area contributed by atoms with Crippen molar-refractivity contribution in [3.05, 3.63) is 82.8 Å². The highest BCUT2D eigenvalue weighted by Gasteiger charge is 2.33. The van der Waals surface area contributed by atoms with Gasteiger partial charge in [-0.15, -0.1) is 0 Å². The number of aryl methyl sites for hydroxylation is 1. The Morgan fingerprint density at radius 1 is 1.19 bits per heavy atom. The quantitative estimate of drug-likeness (QED) is 0.666. The normalized spacial score (nSPS) is 15.4. The molecule has 0 radical (unpaired) electrons. The van der Waals surface area contributed by atoms with E-state index in [4.69, 9.17) is 20.8 Å². The molecule has 2 aromatic carbocycles. The van der Waals surface area contributed by atoms with Gasteiger partial charge in [-0.1, -0.05) is 29.3 Å². The van der Waals surface area contributed by atoms with Crippen molar-refractivity contribution in [3.63, 3.8) is 0 Å². The molecule has 1 atom stereocenters. The Hall–Kier alpha value is -2.72. The van der Waals surface area contributed by atoms with Crippen LogP contribution in [-0.4, -0.2) is 12.0 Å². The summed E-state index contributed by atoms with van der Waals surface area (Å²) < 4.78 is 11.3. The number of furan rings is 1. The first kappa shape index (κ1) is 16.7. The van der Waals surface area contributed by atoms with E-state index in [1.165, 1.54) is 0 Å². The third-order valence-electron chi connectivity index (χ3n) is 4.48. The maximum Gasteiger partial charge on any atom is 0.268 e. The van der Waals surface area contributed by atoms with Crippen molar-refractivity contribution in [2.45, 2.75) is 26.0 Å². The van der Waals surface area contributed by atoms with Crippen molar-refractivity contribution < 1.29 is 13.9 Å². The van der Waals surface area contributed by atoms with Crippen LogP contribution in [0.25, 0.3) is 0 Å². The third-order valence-corrected chi connectivity index (χ3v) is 4.71. The van der Waals surface area contributed by atoms with Gasteiger partial charge in [-0.2, -0.15) is 0 Å². The number of amides is 1. The molecule has 0 spiro atoms. The van der Waals surface area contributed by atoms with Crippen LogP contribution in [0.4, 0.5) is 5.69 Å². The van der Waals surface area contributed by atoms with E-state index < -0.39 is 6.10 Å². The van der Waals surface area contributed by atoms with Gasteiger partial charge in [-0.25, -0.2) is 0 Å². The molecular weight excluding hydrogens is 350 g/mol. The fourth-order valence-electron chi connectivity index (χ4n) is 3.11. The highest BCUT2D eigenvalue weighted by atomic mass is 35.5. The van der Waals surface area contributed by atoms with Gasteiger partial charge >= 0.3 is 0 Å². The number of ether oxygens (including phenoxy) is 1. The molecule has 0 fully saturated rings. The van der Waals surface area contributed by atoms with Crippen LogP contribution in [0.5, 0.6) is 5.75 Å². The summed E-state index contributed by atoms with van der Waals surface area (Å²) in [5, 5.41) is 0.645. The second-order valence-electron chi connectivity index (χ2n) is 6.40. The lowest BCUT2D eigenvalue weighted by Crippen LogP contribution is -2.41. The highest BCUT2D eigenvalue weighted by molar-refractivity contribution is 6.30. The van der Waals surface area contributed by atoms with Crippen LogP contribution in [0.1, 0.15) is 16.9 Å². The summed E-state index contributed by atoms with van der Waals surface area (Å²) in [5.41, 5.74) is 2.91. The number of carbonyl (C=O) groups is 1. The Morgan fingerprint density at radius 2 is 2.00 bits per heavy atom. The number of nitrogens with zero attached hydrogens (tertiary/aromatic N) is 1. The second-order valence-corrected chi connectivity index (χ2v) is 6.84. The number of hydrogen-bond donors (Lipinski definition) is 0. The Balaban J connectivity index is 1.61. The monoisotopic (exact) mass is 367 g/mol. The minimum absolute atomic E-state index is 0.0995. The van der Waals surface area contributed by atoms with Crippen molar-refractivity contribution in [1.82, 2.24) is 0 Å². The van der Waals surface area contributed by atoms with Gasteiger partial charge in [0, 0.05) is 17.1 Å². The van der Waals surface area contributed by atoms with Crippen LogP contribution >= 0.6 is 11.6 Å². The van der Waals surface area contributed by atoms with Gasteiger partial charge < -0.3 is 14.1 Å². The van der Waals surface area contributed by atoms with Gasteiger partial charge in [-0.05, 0) is 55.0 Å². The molecule has 0 aliphatic carbocycles. The van der Waals surface area contributed by atoms with Crippen molar-refractivity contribution >= 4 is 23.2 Å². The van der Waals surface area contributed by atoms with E-state index >= 15 is 0 Å². The Labute approximate surface area is 156 Å². The van der Waals surface area contributed by atoms with Gasteiger partial charge in [0.2, 0.25) is 0 Å². The summed E-state index contributed by atoms with van der Waals surface area (Å²) >= 11 is 6.06. The first-order valence-corrected chi connectivity index (χ1v) is 8.83. The van der Waals surface area contributed by atoms with Crippen LogP contribution in [0, 0.1) is 6.92 Å². The molecule has 4 rings (SSSR count). The lowest BCUT2D eigenvalue weighted by atomic mass is 10.1. The average molecular weight is 368 g/mol. The highest BCUT2D eigenvalue weighted by Crippen LogP contribution is 2.32. The van der Waals surface area contributed by atoms with Crippen LogP contribution in [-0.2, 0) is 17.8 Å². The van der Waals surface area contributed by atoms with E-state index in [1.54, 1.807) is 17.2 Å². The fourth-order valence-corrected chi connectivity index (χ4v) is 3.30. The molecule has 0 saturated heterocycles. The minimum atomic E-state index is -0.570. The van der Waals surface area contributed by atoms with Crippen molar-refractivity contribution in [2.24, 2.45) is 0 Å². The summed E-state index contributed by atoms with van der Waals surface area (Å²) in [6.07, 6.45) is 1.55. The van der Waals surface area contributed by atoms with Crippen LogP contribution in [0.2, 0.25) is 5.02 Å². The van der Waals surface area contributed by atoms with E-state index in [-0.39, 0.29) is 5.91 Å². The maximum atomic E-state index is 13.2. The Morgan fingerprint density at radius 3 is 2.73 bits per heavy atom. The molecule has 1 aromatic heterocycles. The van der Waals surface area contributed by atoms with E-state index in [0.29, 0.717) is 18.0 Å². The summed E-state index contributed by atoms with van der Waals surface area (Å²) in [4.78, 5) is 14.9. The molecule has 0 unspecified atom stereocenters. The summed E-state index contributed by atoms with van der Waals surface area (Å²) in [6.45, 7) is 2.37. The zero-order valence-electron chi connectivity index (χ0n) is 14.3. The Kier molecular flexibility index (Phi) is 4.43. The smallest absolute Gasteiger partial charge is 0.268 e. The maximum absolute atomic E-state index is 13.2. The van der Waals surface area contributed by atoms with E-state index in [1.807, 2.05) is 55.5 Å². The zero-order valence-corrected chi connectivity index (χ0v) is 15.1. The predicted molar refractivity (Wildman–Crippen MR) is 101 cm³/mol. The first-order chi connectivity index (χ1) is 12.6. The molecule has 3 aromatic rings. The molecule has 5 heteroatoms. The standard InChI is InChI=1S/C21H18ClNO3/c1-14-4-7-17(8-5-14)23(13-18-3-2-10-25-18)21(24)20-12-15-11-16(22)6-9-19(15)26-20/h2-11,20H,12-13H2,1H3/t20-/m1/s1. The molecule has 4 nitrogen and oxygen atoms in total. The number of rotatable bonds is 4. The van der Waals surface area contributed by atoms with Crippen molar-refractivity contribution in [2.75, 3.05) is 4.90 Å². The van der Waals surface area contributed by atoms with Crippen molar-refractivity contribution in [1.29, 1.82) is 0 Å². The van der Waals surface area contributed by atoms with Gasteiger partial charge in [-0.3, -0.25) is 4.79 Å². The molecule has 132 valence electrons. The number of hydrogen-bond acceptors (Lipinski definition) is 3. The van der Waals surface area contributed by atoms with E-state index in [9.17, 15) is 4.79 Å². The predicted octanol–water partition coefficient (Wildman–Crippen LogP) is 4.78. The fraction of sp³-hybridized carbons (Fsp3) is 0.190. The molecular formula is C21H18ClNO3. The molecule has 2 heterocycles. The topological polar surface area (TPSA) is 42.7 Å². The number of carbonyl (C=O) groups excluding carboxylic acids is 1. The van der Waals surface area contributed by atoms with Gasteiger partial charge in [0.1, 0.15) is 11.5 Å². The number of fused-ring (bicyclic) bond motifs is 1. The van der Waals surface area contributed by atoms with Crippen molar-refractivity contribution in [3.8, 4) is 5.75 Å². The number of benzene rings is 2. The molecule has 1 amide bonds. The number of anilines is 1. The minimum Gasteiger partial charge on any atom is -0.480 e.